The van der Waals surface area contributed by atoms with E-state index in [4.69, 9.17) is 28.8 Å². The number of carbonyl (C=O) groups is 1. The number of fused-ring (bicyclic) bond motifs is 1. The van der Waals surface area contributed by atoms with E-state index in [1.807, 2.05) is 54.1 Å². The molecule has 0 bridgehead atoms. The lowest BCUT2D eigenvalue weighted by atomic mass is 10.1. The molecule has 0 saturated carbocycles. The highest BCUT2D eigenvalue weighted by Crippen LogP contribution is 2.30. The predicted molar refractivity (Wildman–Crippen MR) is 145 cm³/mol. The number of aliphatic carboxylic acids is 1. The number of carboxylic acid groups (broad SMARTS) is 1. The van der Waals surface area contributed by atoms with E-state index in [0.717, 1.165) is 33.7 Å². The van der Waals surface area contributed by atoms with E-state index in [9.17, 15) is 4.79 Å². The molecule has 4 rings (SSSR count). The summed E-state index contributed by atoms with van der Waals surface area (Å²) in [7, 11) is 6.74. The summed E-state index contributed by atoms with van der Waals surface area (Å²) in [6.07, 6.45) is 0.325. The van der Waals surface area contributed by atoms with E-state index in [0.29, 0.717) is 29.4 Å². The van der Waals surface area contributed by atoms with E-state index in [2.05, 4.69) is 4.98 Å². The first kappa shape index (κ1) is 28.5. The number of imidazole rings is 1. The zero-order valence-electron chi connectivity index (χ0n) is 21.7. The number of methoxy groups -OCH3 is 3. The Morgan fingerprint density at radius 3 is 2.18 bits per heavy atom. The van der Waals surface area contributed by atoms with Crippen molar-refractivity contribution in [2.45, 2.75) is 26.1 Å². The fourth-order valence-electron chi connectivity index (χ4n) is 3.94. The Hall–Kier alpha value is -4.11. The molecule has 1 aromatic heterocycles. The summed E-state index contributed by atoms with van der Waals surface area (Å²) < 4.78 is 30.1. The monoisotopic (exact) mass is 542 g/mol. The SMILES string of the molecule is COc1cc(COc2cc(OCc3nc4ccc(OC)cc4n3C)ccc2CCC(=O)O)cc(OC)c1.Cl. The average Bonchev–Trinajstić information content (AvgIpc) is 3.23. The van der Waals surface area contributed by atoms with Crippen molar-refractivity contribution in [2.75, 3.05) is 21.3 Å². The highest BCUT2D eigenvalue weighted by molar-refractivity contribution is 5.85. The molecule has 4 aromatic rings. The lowest BCUT2D eigenvalue weighted by molar-refractivity contribution is -0.136. The summed E-state index contributed by atoms with van der Waals surface area (Å²) in [5.41, 5.74) is 3.42. The fourth-order valence-corrected chi connectivity index (χ4v) is 3.94. The van der Waals surface area contributed by atoms with Crippen molar-refractivity contribution < 1.29 is 33.6 Å². The second-order valence-corrected chi connectivity index (χ2v) is 8.40. The molecule has 0 amide bonds. The van der Waals surface area contributed by atoms with Gasteiger partial charge in [0.2, 0.25) is 0 Å². The first-order chi connectivity index (χ1) is 17.9. The number of aryl methyl sites for hydroxylation is 2. The van der Waals surface area contributed by atoms with Gasteiger partial charge < -0.3 is 33.4 Å². The highest BCUT2D eigenvalue weighted by atomic mass is 35.5. The number of carboxylic acids is 1. The van der Waals surface area contributed by atoms with Gasteiger partial charge in [-0.25, -0.2) is 4.98 Å². The first-order valence-corrected chi connectivity index (χ1v) is 11.7. The van der Waals surface area contributed by atoms with Gasteiger partial charge in [0.05, 0.1) is 32.4 Å². The number of rotatable bonds is 12. The minimum absolute atomic E-state index is 0. The maximum atomic E-state index is 11.2. The van der Waals surface area contributed by atoms with Gasteiger partial charge in [0, 0.05) is 31.7 Å². The number of hydrogen-bond acceptors (Lipinski definition) is 7. The minimum atomic E-state index is -0.873. The number of halogens is 1. The van der Waals surface area contributed by atoms with E-state index in [1.54, 1.807) is 33.5 Å². The normalized spacial score (nSPS) is 10.5. The second kappa shape index (κ2) is 12.9. The fraction of sp³-hybridized carbons (Fsp3) is 0.286. The molecule has 0 unspecified atom stereocenters. The molecule has 1 N–H and O–H groups in total. The van der Waals surface area contributed by atoms with Crippen molar-refractivity contribution in [3.8, 4) is 28.7 Å². The van der Waals surface area contributed by atoms with Crippen molar-refractivity contribution in [3.63, 3.8) is 0 Å². The van der Waals surface area contributed by atoms with E-state index >= 15 is 0 Å². The van der Waals surface area contributed by atoms with Crippen molar-refractivity contribution in [1.29, 1.82) is 0 Å². The van der Waals surface area contributed by atoms with Crippen LogP contribution in [0.4, 0.5) is 0 Å². The van der Waals surface area contributed by atoms with Gasteiger partial charge in [0.15, 0.2) is 0 Å². The van der Waals surface area contributed by atoms with Crippen LogP contribution in [0.1, 0.15) is 23.4 Å². The molecule has 1 heterocycles. The molecule has 0 aliphatic carbocycles. The van der Waals surface area contributed by atoms with E-state index < -0.39 is 5.97 Å². The molecule has 0 radical (unpaired) electrons. The van der Waals surface area contributed by atoms with Crippen molar-refractivity contribution in [3.05, 3.63) is 71.5 Å². The van der Waals surface area contributed by atoms with E-state index in [-0.39, 0.29) is 32.0 Å². The van der Waals surface area contributed by atoms with Crippen LogP contribution in [0.15, 0.2) is 54.6 Å². The molecule has 202 valence electrons. The second-order valence-electron chi connectivity index (χ2n) is 8.40. The molecule has 0 atom stereocenters. The number of ether oxygens (including phenoxy) is 5. The zero-order valence-corrected chi connectivity index (χ0v) is 22.5. The van der Waals surface area contributed by atoms with Crippen LogP contribution >= 0.6 is 12.4 Å². The third kappa shape index (κ3) is 6.80. The van der Waals surface area contributed by atoms with Gasteiger partial charge in [0.1, 0.15) is 47.8 Å². The van der Waals surface area contributed by atoms with Gasteiger partial charge in [-0.05, 0) is 47.9 Å². The highest BCUT2D eigenvalue weighted by Gasteiger charge is 2.13. The summed E-state index contributed by atoms with van der Waals surface area (Å²) in [6.45, 7) is 0.484. The molecule has 10 heteroatoms. The quantitative estimate of drug-likeness (QED) is 0.261. The topological polar surface area (TPSA) is 101 Å². The predicted octanol–water partition coefficient (Wildman–Crippen LogP) is 5.20. The molecule has 0 aliphatic heterocycles. The Morgan fingerprint density at radius 2 is 1.53 bits per heavy atom. The maximum absolute atomic E-state index is 11.2. The molecule has 9 nitrogen and oxygen atoms in total. The maximum Gasteiger partial charge on any atom is 0.303 e. The lowest BCUT2D eigenvalue weighted by Gasteiger charge is -2.15. The van der Waals surface area contributed by atoms with Gasteiger partial charge in [-0.3, -0.25) is 4.79 Å². The Kier molecular flexibility index (Phi) is 9.67. The summed E-state index contributed by atoms with van der Waals surface area (Å²) in [4.78, 5) is 15.8. The summed E-state index contributed by atoms with van der Waals surface area (Å²) in [5.74, 6) is 3.08. The van der Waals surface area contributed by atoms with Crippen LogP contribution in [0, 0.1) is 0 Å². The Balaban J connectivity index is 0.00000400. The van der Waals surface area contributed by atoms with E-state index in [1.165, 1.54) is 0 Å². The van der Waals surface area contributed by atoms with Crippen LogP contribution in [0.5, 0.6) is 28.7 Å². The average molecular weight is 543 g/mol. The Morgan fingerprint density at radius 1 is 0.842 bits per heavy atom. The third-order valence-corrected chi connectivity index (χ3v) is 6.00. The third-order valence-electron chi connectivity index (χ3n) is 6.00. The lowest BCUT2D eigenvalue weighted by Crippen LogP contribution is -2.05. The molecule has 0 aliphatic rings. The Labute approximate surface area is 227 Å². The standard InChI is InChI=1S/C28H30N2O7.ClH/c1-30-25-14-20(33-2)8-9-24(25)29-27(30)17-36-21-7-5-19(6-10-28(31)32)26(15-21)37-16-18-11-22(34-3)13-23(12-18)35-4;/h5,7-9,11-15H,6,10,16-17H2,1-4H3,(H,31,32);1H. The van der Waals surface area contributed by atoms with Gasteiger partial charge in [-0.15, -0.1) is 12.4 Å². The van der Waals surface area contributed by atoms with Crippen molar-refractivity contribution >= 4 is 29.4 Å². The van der Waals surface area contributed by atoms with Crippen LogP contribution in [-0.4, -0.2) is 42.0 Å². The largest absolute Gasteiger partial charge is 0.497 e. The van der Waals surface area contributed by atoms with Crippen LogP contribution in [0.3, 0.4) is 0 Å². The number of hydrogen-bond donors (Lipinski definition) is 1. The molecular weight excluding hydrogens is 512 g/mol. The van der Waals surface area contributed by atoms with Crippen LogP contribution < -0.4 is 23.7 Å². The Bertz CT molecular complexity index is 1380. The van der Waals surface area contributed by atoms with Gasteiger partial charge in [0.25, 0.3) is 0 Å². The van der Waals surface area contributed by atoms with Gasteiger partial charge in [-0.2, -0.15) is 0 Å². The minimum Gasteiger partial charge on any atom is -0.497 e. The van der Waals surface area contributed by atoms with Crippen LogP contribution in [0.25, 0.3) is 11.0 Å². The van der Waals surface area contributed by atoms with Gasteiger partial charge >= 0.3 is 5.97 Å². The molecule has 0 spiro atoms. The number of nitrogens with zero attached hydrogens (tertiary/aromatic N) is 2. The summed E-state index contributed by atoms with van der Waals surface area (Å²) >= 11 is 0. The van der Waals surface area contributed by atoms with Crippen molar-refractivity contribution in [1.82, 2.24) is 9.55 Å². The molecule has 38 heavy (non-hydrogen) atoms. The number of aromatic nitrogens is 2. The van der Waals surface area contributed by atoms with Gasteiger partial charge in [-0.1, -0.05) is 6.07 Å². The van der Waals surface area contributed by atoms with Crippen LogP contribution in [-0.2, 0) is 31.5 Å². The number of benzene rings is 3. The molecule has 3 aromatic carbocycles. The molecular formula is C28H31ClN2O7. The van der Waals surface area contributed by atoms with Crippen molar-refractivity contribution in [2.24, 2.45) is 7.05 Å². The first-order valence-electron chi connectivity index (χ1n) is 11.7. The van der Waals surface area contributed by atoms with Crippen LogP contribution in [0.2, 0.25) is 0 Å². The molecule has 0 saturated heterocycles. The molecule has 0 fully saturated rings. The summed E-state index contributed by atoms with van der Waals surface area (Å²) in [6, 6.07) is 16.6. The zero-order chi connectivity index (χ0) is 26.4. The smallest absolute Gasteiger partial charge is 0.303 e. The summed E-state index contributed by atoms with van der Waals surface area (Å²) in [5, 5.41) is 9.16.